The number of carbonyl (C=O) groups is 2. The van der Waals surface area contributed by atoms with E-state index in [0.717, 1.165) is 70.1 Å². The van der Waals surface area contributed by atoms with Gasteiger partial charge < -0.3 is 29.8 Å². The summed E-state index contributed by atoms with van der Waals surface area (Å²) in [5.41, 5.74) is -1.02. The minimum atomic E-state index is -0.992. The predicted octanol–water partition coefficient (Wildman–Crippen LogP) is 3.79. The number of rotatable bonds is 3. The van der Waals surface area contributed by atoms with Gasteiger partial charge in [0.2, 0.25) is 0 Å². The molecule has 5 aliphatic rings. The molecule has 3 N–H and O–H groups in total. The lowest BCUT2D eigenvalue weighted by Gasteiger charge is -2.63. The third-order valence-electron chi connectivity index (χ3n) is 12.3. The van der Waals surface area contributed by atoms with E-state index in [2.05, 4.69) is 31.4 Å². The van der Waals surface area contributed by atoms with E-state index >= 15 is 0 Å². The molecule has 5 fully saturated rings. The summed E-state index contributed by atoms with van der Waals surface area (Å²) in [6.07, 6.45) is 8.17. The van der Waals surface area contributed by atoms with Crippen molar-refractivity contribution in [1.29, 1.82) is 0 Å². The molecule has 4 saturated carbocycles. The Kier molecular flexibility index (Phi) is 7.29. The number of amides is 2. The number of ether oxygens (including phenoxy) is 1. The summed E-state index contributed by atoms with van der Waals surface area (Å²) >= 11 is 0. The van der Waals surface area contributed by atoms with Gasteiger partial charge in [-0.15, -0.1) is 0 Å². The Labute approximate surface area is 242 Å². The summed E-state index contributed by atoms with van der Waals surface area (Å²) in [7, 11) is 0. The van der Waals surface area contributed by atoms with Crippen LogP contribution in [-0.4, -0.2) is 65.4 Å². The van der Waals surface area contributed by atoms with Crippen LogP contribution in [0.25, 0.3) is 0 Å². The molecule has 2 amide bonds. The Hall–Kier alpha value is -2.39. The first-order chi connectivity index (χ1) is 19.5. The number of nitrogens with one attached hydrogen (secondary N) is 2. The highest BCUT2D eigenvalue weighted by Gasteiger charge is 2.70. The Balaban J connectivity index is 1.22. The van der Waals surface area contributed by atoms with Crippen molar-refractivity contribution in [3.8, 4) is 0 Å². The normalized spacial score (nSPS) is 43.8. The van der Waals surface area contributed by atoms with E-state index in [1.54, 1.807) is 6.07 Å². The minimum Gasteiger partial charge on any atom is -0.462 e. The molecule has 0 radical (unpaired) electrons. The van der Waals surface area contributed by atoms with Crippen LogP contribution in [0.2, 0.25) is 0 Å². The lowest BCUT2D eigenvalue weighted by Crippen LogP contribution is -2.63. The third-order valence-corrected chi connectivity index (χ3v) is 12.3. The van der Waals surface area contributed by atoms with Crippen molar-refractivity contribution in [2.75, 3.05) is 19.6 Å². The molecule has 1 aliphatic heterocycles. The van der Waals surface area contributed by atoms with Crippen molar-refractivity contribution >= 4 is 12.0 Å². The Morgan fingerprint density at radius 1 is 1.15 bits per heavy atom. The summed E-state index contributed by atoms with van der Waals surface area (Å²) in [5, 5.41) is 19.5. The zero-order valence-electron chi connectivity index (χ0n) is 25.0. The number of carbonyl (C=O) groups excluding carboxylic acids is 2. The Morgan fingerprint density at radius 3 is 2.66 bits per heavy atom. The number of fused-ring (bicyclic) bond motifs is 5. The molecule has 10 atom stereocenters. The maximum atomic E-state index is 13.1. The van der Waals surface area contributed by atoms with Crippen LogP contribution >= 0.6 is 0 Å². The first-order valence-corrected chi connectivity index (χ1v) is 15.7. The molecule has 2 heterocycles. The standard InChI is InChI=1S/C32H47N3O6/c1-19-17-33-13-14-35(19)29(38)34-23-9-11-30(3)22(15-23)6-7-25-24(30)10-12-31(4)28(21-5-8-27(37)40-18-21)26(41-20(2)36)16-32(25,31)39/h5,8,18-19,22-26,28,33,39H,6-7,9-17H2,1-4H3,(H,34,38)/t19?,22-,23+,24+,25-,26+,28+,30+,31-,32+/m1/s1. The van der Waals surface area contributed by atoms with Gasteiger partial charge in [-0.25, -0.2) is 9.59 Å². The topological polar surface area (TPSA) is 121 Å². The van der Waals surface area contributed by atoms with Crippen molar-refractivity contribution in [2.45, 2.75) is 109 Å². The van der Waals surface area contributed by atoms with Gasteiger partial charge in [0.25, 0.3) is 0 Å². The second-order valence-corrected chi connectivity index (χ2v) is 14.3. The van der Waals surface area contributed by atoms with Crippen LogP contribution in [0.5, 0.6) is 0 Å². The second-order valence-electron chi connectivity index (χ2n) is 14.3. The first-order valence-electron chi connectivity index (χ1n) is 15.7. The number of piperazine rings is 1. The largest absolute Gasteiger partial charge is 0.462 e. The molecule has 1 aromatic heterocycles. The summed E-state index contributed by atoms with van der Waals surface area (Å²) in [5.74, 6) is 0.376. The molecule has 1 aromatic rings. The van der Waals surface area contributed by atoms with Gasteiger partial charge in [0.15, 0.2) is 0 Å². The van der Waals surface area contributed by atoms with E-state index < -0.39 is 22.7 Å². The summed E-state index contributed by atoms with van der Waals surface area (Å²) in [6, 6.07) is 3.63. The SMILES string of the molecule is CC(=O)O[C@H]1C[C@]2(O)[C@@H]3CC[C@@H]4C[C@@H](NC(=O)N5CCNCC5C)CC[C@]4(C)[C@H]3CC[C@]2(C)[C@H]1c1ccc(=O)oc1. The van der Waals surface area contributed by atoms with E-state index in [1.165, 1.54) is 19.3 Å². The predicted molar refractivity (Wildman–Crippen MR) is 153 cm³/mol. The third kappa shape index (κ3) is 4.62. The van der Waals surface area contributed by atoms with Crippen LogP contribution in [-0.2, 0) is 9.53 Å². The fourth-order valence-electron chi connectivity index (χ4n) is 10.2. The van der Waals surface area contributed by atoms with Crippen molar-refractivity contribution in [3.63, 3.8) is 0 Å². The first kappa shape index (κ1) is 28.7. The molecule has 4 aliphatic carbocycles. The fourth-order valence-corrected chi connectivity index (χ4v) is 10.2. The van der Waals surface area contributed by atoms with Gasteiger partial charge in [-0.3, -0.25) is 4.79 Å². The monoisotopic (exact) mass is 569 g/mol. The number of urea groups is 1. The molecule has 6 rings (SSSR count). The van der Waals surface area contributed by atoms with E-state index in [-0.39, 0.29) is 41.3 Å². The van der Waals surface area contributed by atoms with Crippen LogP contribution in [0.4, 0.5) is 4.79 Å². The highest BCUT2D eigenvalue weighted by Crippen LogP contribution is 2.70. The van der Waals surface area contributed by atoms with Gasteiger partial charge in [0.1, 0.15) is 6.10 Å². The van der Waals surface area contributed by atoms with Crippen molar-refractivity contribution in [2.24, 2.45) is 28.6 Å². The molecular weight excluding hydrogens is 522 g/mol. The van der Waals surface area contributed by atoms with Gasteiger partial charge >= 0.3 is 17.6 Å². The van der Waals surface area contributed by atoms with Gasteiger partial charge in [0, 0.05) is 62.5 Å². The van der Waals surface area contributed by atoms with Crippen molar-refractivity contribution < 1.29 is 23.8 Å². The zero-order valence-corrected chi connectivity index (χ0v) is 25.0. The molecule has 0 bridgehead atoms. The summed E-state index contributed by atoms with van der Waals surface area (Å²) in [6.45, 7) is 10.5. The quantitative estimate of drug-likeness (QED) is 0.474. The molecule has 226 valence electrons. The fraction of sp³-hybridized carbons (Fsp3) is 0.781. The molecule has 9 nitrogen and oxygen atoms in total. The van der Waals surface area contributed by atoms with E-state index in [1.807, 2.05) is 4.90 Å². The molecule has 0 spiro atoms. The molecule has 1 unspecified atom stereocenters. The van der Waals surface area contributed by atoms with Gasteiger partial charge in [0.05, 0.1) is 11.9 Å². The molecular formula is C32H47N3O6. The molecule has 1 saturated heterocycles. The number of hydrogen-bond acceptors (Lipinski definition) is 7. The number of hydrogen-bond donors (Lipinski definition) is 3. The Bertz CT molecular complexity index is 1220. The highest BCUT2D eigenvalue weighted by atomic mass is 16.5. The minimum absolute atomic E-state index is 0.0642. The van der Waals surface area contributed by atoms with E-state index in [9.17, 15) is 19.5 Å². The van der Waals surface area contributed by atoms with Gasteiger partial charge in [-0.05, 0) is 86.7 Å². The smallest absolute Gasteiger partial charge is 0.335 e. The average molecular weight is 570 g/mol. The Morgan fingerprint density at radius 2 is 1.95 bits per heavy atom. The van der Waals surface area contributed by atoms with Gasteiger partial charge in [-0.2, -0.15) is 0 Å². The molecule has 41 heavy (non-hydrogen) atoms. The van der Waals surface area contributed by atoms with E-state index in [0.29, 0.717) is 18.3 Å². The number of esters is 1. The zero-order chi connectivity index (χ0) is 29.2. The molecule has 9 heteroatoms. The van der Waals surface area contributed by atoms with Crippen LogP contribution in [0.1, 0.15) is 90.5 Å². The lowest BCUT2D eigenvalue weighted by molar-refractivity contribution is -0.202. The summed E-state index contributed by atoms with van der Waals surface area (Å²) in [4.78, 5) is 39.0. The maximum absolute atomic E-state index is 13.1. The number of aliphatic hydroxyl groups is 1. The number of nitrogens with zero attached hydrogens (tertiary/aromatic N) is 1. The van der Waals surface area contributed by atoms with Crippen LogP contribution in [0, 0.1) is 28.6 Å². The van der Waals surface area contributed by atoms with Crippen molar-refractivity contribution in [1.82, 2.24) is 15.5 Å². The van der Waals surface area contributed by atoms with Crippen LogP contribution in [0.3, 0.4) is 0 Å². The highest BCUT2D eigenvalue weighted by molar-refractivity contribution is 5.75. The molecule has 0 aromatic carbocycles. The average Bonchev–Trinajstić information content (AvgIpc) is 3.15. The summed E-state index contributed by atoms with van der Waals surface area (Å²) < 4.78 is 11.1. The van der Waals surface area contributed by atoms with E-state index in [4.69, 9.17) is 9.15 Å². The van der Waals surface area contributed by atoms with Gasteiger partial charge in [-0.1, -0.05) is 13.8 Å². The van der Waals surface area contributed by atoms with Crippen molar-refractivity contribution in [3.05, 3.63) is 34.4 Å². The van der Waals surface area contributed by atoms with Crippen LogP contribution < -0.4 is 16.3 Å². The maximum Gasteiger partial charge on any atom is 0.335 e. The second kappa shape index (κ2) is 10.4. The van der Waals surface area contributed by atoms with Crippen LogP contribution in [0.15, 0.2) is 27.6 Å². The lowest BCUT2D eigenvalue weighted by atomic mass is 9.43.